The third-order valence-electron chi connectivity index (χ3n) is 2.59. The average molecular weight is 402 g/mol. The number of rotatable bonds is 2. The molecule has 2 aromatic carbocycles. The number of anilines is 3. The van der Waals surface area contributed by atoms with Crippen LogP contribution in [-0.2, 0) is 0 Å². The Hall–Kier alpha value is -1.05. The van der Waals surface area contributed by atoms with Crippen molar-refractivity contribution in [2.45, 2.75) is 0 Å². The lowest BCUT2D eigenvalue weighted by Crippen LogP contribution is -1.91. The minimum Gasteiger partial charge on any atom is -0.399 e. The molecule has 19 heavy (non-hydrogen) atoms. The highest BCUT2D eigenvalue weighted by molar-refractivity contribution is 14.1. The van der Waals surface area contributed by atoms with E-state index in [0.717, 1.165) is 35.3 Å². The first-order valence-electron chi connectivity index (χ1n) is 5.50. The van der Waals surface area contributed by atoms with Gasteiger partial charge in [0.15, 0.2) is 5.13 Å². The van der Waals surface area contributed by atoms with Gasteiger partial charge in [-0.3, -0.25) is 0 Å². The Kier molecular flexibility index (Phi) is 3.51. The molecule has 0 bridgehead atoms. The van der Waals surface area contributed by atoms with Crippen molar-refractivity contribution in [1.29, 1.82) is 0 Å². The van der Waals surface area contributed by atoms with Crippen molar-refractivity contribution in [2.24, 2.45) is 0 Å². The highest BCUT2D eigenvalue weighted by Crippen LogP contribution is 2.31. The van der Waals surface area contributed by atoms with Gasteiger partial charge in [0.2, 0.25) is 0 Å². The zero-order chi connectivity index (χ0) is 13.4. The fourth-order valence-electron chi connectivity index (χ4n) is 1.70. The van der Waals surface area contributed by atoms with Crippen molar-refractivity contribution >= 4 is 72.3 Å². The summed E-state index contributed by atoms with van der Waals surface area (Å²) in [7, 11) is 0. The van der Waals surface area contributed by atoms with Gasteiger partial charge in [0.05, 0.1) is 15.9 Å². The van der Waals surface area contributed by atoms with E-state index < -0.39 is 0 Å². The van der Waals surface area contributed by atoms with Crippen LogP contribution in [0.25, 0.3) is 10.2 Å². The SMILES string of the molecule is Nc1ccc2nc(Nc3ccc(Cl)cc3I)sc2c1. The van der Waals surface area contributed by atoms with E-state index in [1.807, 2.05) is 36.4 Å². The lowest BCUT2D eigenvalue weighted by molar-refractivity contribution is 1.43. The second kappa shape index (κ2) is 5.15. The molecular formula is C13H9ClIN3S. The van der Waals surface area contributed by atoms with Gasteiger partial charge >= 0.3 is 0 Å². The fourth-order valence-corrected chi connectivity index (χ4v) is 3.63. The van der Waals surface area contributed by atoms with Gasteiger partial charge in [0.25, 0.3) is 0 Å². The summed E-state index contributed by atoms with van der Waals surface area (Å²) in [5.41, 5.74) is 8.47. The van der Waals surface area contributed by atoms with Gasteiger partial charge in [0.1, 0.15) is 0 Å². The van der Waals surface area contributed by atoms with Gasteiger partial charge in [-0.2, -0.15) is 0 Å². The van der Waals surface area contributed by atoms with Crippen LogP contribution in [0.3, 0.4) is 0 Å². The Bertz CT molecular complexity index is 757. The summed E-state index contributed by atoms with van der Waals surface area (Å²) in [5, 5.41) is 4.89. The Labute approximate surface area is 132 Å². The van der Waals surface area contributed by atoms with Crippen LogP contribution in [0, 0.1) is 3.57 Å². The van der Waals surface area contributed by atoms with E-state index >= 15 is 0 Å². The van der Waals surface area contributed by atoms with Crippen LogP contribution in [0.1, 0.15) is 0 Å². The highest BCUT2D eigenvalue weighted by atomic mass is 127. The summed E-state index contributed by atoms with van der Waals surface area (Å²) < 4.78 is 2.13. The molecule has 1 aromatic heterocycles. The van der Waals surface area contributed by atoms with Crippen LogP contribution >= 0.6 is 45.5 Å². The molecule has 3 rings (SSSR count). The normalized spacial score (nSPS) is 10.8. The number of nitrogens with zero attached hydrogens (tertiary/aromatic N) is 1. The molecule has 96 valence electrons. The number of nitrogens with two attached hydrogens (primary N) is 1. The summed E-state index contributed by atoms with van der Waals surface area (Å²) in [6.45, 7) is 0. The summed E-state index contributed by atoms with van der Waals surface area (Å²) >= 11 is 9.77. The van der Waals surface area contributed by atoms with Crippen molar-refractivity contribution in [3.05, 3.63) is 45.0 Å². The van der Waals surface area contributed by atoms with Gasteiger partial charge < -0.3 is 11.1 Å². The lowest BCUT2D eigenvalue weighted by Gasteiger charge is -2.05. The first-order chi connectivity index (χ1) is 9.11. The quantitative estimate of drug-likeness (QED) is 0.475. The molecule has 0 aliphatic carbocycles. The van der Waals surface area contributed by atoms with Crippen LogP contribution in [0.5, 0.6) is 0 Å². The number of fused-ring (bicyclic) bond motifs is 1. The molecule has 0 radical (unpaired) electrons. The summed E-state index contributed by atoms with van der Waals surface area (Å²) in [4.78, 5) is 4.53. The van der Waals surface area contributed by atoms with E-state index in [0.29, 0.717) is 0 Å². The van der Waals surface area contributed by atoms with E-state index in [-0.39, 0.29) is 0 Å². The number of aromatic nitrogens is 1. The van der Waals surface area contributed by atoms with E-state index in [4.69, 9.17) is 17.3 Å². The largest absolute Gasteiger partial charge is 0.399 e. The minimum absolute atomic E-state index is 0.729. The van der Waals surface area contributed by atoms with E-state index in [1.165, 1.54) is 0 Å². The summed E-state index contributed by atoms with van der Waals surface area (Å²) in [6, 6.07) is 11.4. The monoisotopic (exact) mass is 401 g/mol. The zero-order valence-corrected chi connectivity index (χ0v) is 13.4. The van der Waals surface area contributed by atoms with Crippen molar-refractivity contribution in [1.82, 2.24) is 4.98 Å². The molecule has 0 saturated carbocycles. The van der Waals surface area contributed by atoms with E-state index in [1.54, 1.807) is 11.3 Å². The van der Waals surface area contributed by atoms with Crippen LogP contribution in [-0.4, -0.2) is 4.98 Å². The molecule has 3 nitrogen and oxygen atoms in total. The van der Waals surface area contributed by atoms with Crippen molar-refractivity contribution in [2.75, 3.05) is 11.1 Å². The Balaban J connectivity index is 1.96. The molecule has 0 aliphatic rings. The number of hydrogen-bond acceptors (Lipinski definition) is 4. The van der Waals surface area contributed by atoms with Crippen LogP contribution < -0.4 is 11.1 Å². The molecule has 1 heterocycles. The second-order valence-corrected chi connectivity index (χ2v) is 6.62. The molecule has 0 unspecified atom stereocenters. The van der Waals surface area contributed by atoms with Gasteiger partial charge in [-0.05, 0) is 59.0 Å². The molecule has 0 amide bonds. The number of nitrogens with one attached hydrogen (secondary N) is 1. The highest BCUT2D eigenvalue weighted by Gasteiger charge is 2.06. The molecule has 0 fully saturated rings. The number of benzene rings is 2. The summed E-state index contributed by atoms with van der Waals surface area (Å²) in [5.74, 6) is 0. The Morgan fingerprint density at radius 3 is 2.84 bits per heavy atom. The lowest BCUT2D eigenvalue weighted by atomic mass is 10.3. The third kappa shape index (κ3) is 2.77. The first kappa shape index (κ1) is 13.0. The van der Waals surface area contributed by atoms with Gasteiger partial charge in [-0.15, -0.1) is 0 Å². The average Bonchev–Trinajstić information content (AvgIpc) is 2.74. The maximum absolute atomic E-state index is 5.94. The van der Waals surface area contributed by atoms with Gasteiger partial charge in [-0.25, -0.2) is 4.98 Å². The molecular weight excluding hydrogens is 393 g/mol. The predicted octanol–water partition coefficient (Wildman–Crippen LogP) is 4.88. The minimum atomic E-state index is 0.729. The van der Waals surface area contributed by atoms with Crippen LogP contribution in [0.2, 0.25) is 5.02 Å². The van der Waals surface area contributed by atoms with Crippen molar-refractivity contribution in [3.63, 3.8) is 0 Å². The Morgan fingerprint density at radius 1 is 1.21 bits per heavy atom. The van der Waals surface area contributed by atoms with Crippen LogP contribution in [0.15, 0.2) is 36.4 Å². The molecule has 0 saturated heterocycles. The number of nitrogen functional groups attached to an aromatic ring is 1. The number of halogens is 2. The van der Waals surface area contributed by atoms with Crippen LogP contribution in [0.4, 0.5) is 16.5 Å². The molecule has 3 aromatic rings. The standard InChI is InChI=1S/C13H9ClIN3S/c14-7-1-3-10(9(15)5-7)17-13-18-11-4-2-8(16)6-12(11)19-13/h1-6H,16H2,(H,17,18). The number of thiazole rings is 1. The maximum atomic E-state index is 5.94. The third-order valence-corrected chi connectivity index (χ3v) is 4.65. The Morgan fingerprint density at radius 2 is 2.05 bits per heavy atom. The van der Waals surface area contributed by atoms with Gasteiger partial charge in [0, 0.05) is 14.3 Å². The van der Waals surface area contributed by atoms with Gasteiger partial charge in [-0.1, -0.05) is 22.9 Å². The first-order valence-corrected chi connectivity index (χ1v) is 7.77. The predicted molar refractivity (Wildman–Crippen MR) is 91.5 cm³/mol. The van der Waals surface area contributed by atoms with Crippen molar-refractivity contribution in [3.8, 4) is 0 Å². The van der Waals surface area contributed by atoms with E-state index in [9.17, 15) is 0 Å². The smallest absolute Gasteiger partial charge is 0.188 e. The molecule has 6 heteroatoms. The maximum Gasteiger partial charge on any atom is 0.188 e. The summed E-state index contributed by atoms with van der Waals surface area (Å²) in [6.07, 6.45) is 0. The van der Waals surface area contributed by atoms with E-state index in [2.05, 4.69) is 32.9 Å². The molecule has 3 N–H and O–H groups in total. The molecule has 0 spiro atoms. The molecule has 0 aliphatic heterocycles. The van der Waals surface area contributed by atoms with Crippen molar-refractivity contribution < 1.29 is 0 Å². The topological polar surface area (TPSA) is 50.9 Å². The number of hydrogen-bond donors (Lipinski definition) is 2. The fraction of sp³-hybridized carbons (Fsp3) is 0. The zero-order valence-electron chi connectivity index (χ0n) is 9.65. The second-order valence-electron chi connectivity index (χ2n) is 4.00. The molecule has 0 atom stereocenters.